The first kappa shape index (κ1) is 14.0. The fraction of sp³-hybridized carbons (Fsp3) is 0.267. The van der Waals surface area contributed by atoms with Gasteiger partial charge in [-0.05, 0) is 44.2 Å². The Hall–Kier alpha value is -2.03. The van der Waals surface area contributed by atoms with E-state index in [0.29, 0.717) is 12.2 Å². The minimum Gasteiger partial charge on any atom is -0.494 e. The van der Waals surface area contributed by atoms with E-state index in [-0.39, 0.29) is 5.91 Å². The number of hydrogen-bond donors (Lipinski definition) is 0. The van der Waals surface area contributed by atoms with E-state index in [1.54, 1.807) is 48.4 Å². The van der Waals surface area contributed by atoms with Gasteiger partial charge in [0, 0.05) is 18.3 Å². The maximum atomic E-state index is 12.1. The van der Waals surface area contributed by atoms with Gasteiger partial charge in [0.1, 0.15) is 5.75 Å². The molecule has 0 bridgehead atoms. The first-order valence-corrected chi connectivity index (χ1v) is 5.90. The molecule has 1 rings (SSSR count). The van der Waals surface area contributed by atoms with Crippen LogP contribution in [0.5, 0.6) is 5.75 Å². The number of amides is 1. The second kappa shape index (κ2) is 6.64. The molecule has 0 aliphatic heterocycles. The molecule has 3 heteroatoms. The molecule has 0 spiro atoms. The molecule has 1 aromatic carbocycles. The third-order valence-corrected chi connectivity index (χ3v) is 2.61. The first-order valence-electron chi connectivity index (χ1n) is 5.90. The van der Waals surface area contributed by atoms with E-state index in [9.17, 15) is 4.79 Å². The number of allylic oxidation sites excluding steroid dienone is 3. The van der Waals surface area contributed by atoms with Crippen molar-refractivity contribution in [2.45, 2.75) is 13.8 Å². The maximum absolute atomic E-state index is 12.1. The van der Waals surface area contributed by atoms with E-state index in [2.05, 4.69) is 6.58 Å². The summed E-state index contributed by atoms with van der Waals surface area (Å²) in [5.41, 5.74) is 1.49. The van der Waals surface area contributed by atoms with Crippen LogP contribution in [0, 0.1) is 0 Å². The van der Waals surface area contributed by atoms with E-state index in [0.717, 1.165) is 11.4 Å². The van der Waals surface area contributed by atoms with Gasteiger partial charge in [0.2, 0.25) is 0 Å². The topological polar surface area (TPSA) is 29.5 Å². The highest BCUT2D eigenvalue weighted by Crippen LogP contribution is 2.14. The van der Waals surface area contributed by atoms with Crippen molar-refractivity contribution in [3.8, 4) is 5.75 Å². The monoisotopic (exact) mass is 245 g/mol. The fourth-order valence-corrected chi connectivity index (χ4v) is 1.50. The van der Waals surface area contributed by atoms with Crippen LogP contribution in [0.4, 0.5) is 0 Å². The molecule has 0 radical (unpaired) electrons. The van der Waals surface area contributed by atoms with Crippen LogP contribution in [0.1, 0.15) is 24.2 Å². The molecule has 3 nitrogen and oxygen atoms in total. The molecule has 18 heavy (non-hydrogen) atoms. The summed E-state index contributed by atoms with van der Waals surface area (Å²) in [4.78, 5) is 13.7. The zero-order valence-electron chi connectivity index (χ0n) is 11.1. The molecule has 1 aromatic rings. The molecule has 0 aliphatic carbocycles. The summed E-state index contributed by atoms with van der Waals surface area (Å²) in [5.74, 6) is 0.726. The van der Waals surface area contributed by atoms with Crippen molar-refractivity contribution in [3.05, 3.63) is 54.3 Å². The molecule has 0 aliphatic rings. The number of hydrogen-bond acceptors (Lipinski definition) is 2. The highest BCUT2D eigenvalue weighted by molar-refractivity contribution is 5.95. The van der Waals surface area contributed by atoms with Crippen molar-refractivity contribution < 1.29 is 9.53 Å². The number of carbonyl (C=O) groups is 1. The van der Waals surface area contributed by atoms with E-state index in [1.165, 1.54) is 0 Å². The van der Waals surface area contributed by atoms with Crippen LogP contribution < -0.4 is 4.74 Å². The van der Waals surface area contributed by atoms with Gasteiger partial charge in [0.05, 0.1) is 6.61 Å². The number of ether oxygens (including phenoxy) is 1. The Morgan fingerprint density at radius 3 is 2.50 bits per heavy atom. The van der Waals surface area contributed by atoms with Gasteiger partial charge in [-0.15, -0.1) is 0 Å². The fourth-order valence-electron chi connectivity index (χ4n) is 1.50. The summed E-state index contributed by atoms with van der Waals surface area (Å²) in [6.07, 6.45) is 3.46. The average molecular weight is 245 g/mol. The quantitative estimate of drug-likeness (QED) is 0.745. The number of rotatable bonds is 5. The van der Waals surface area contributed by atoms with Crippen molar-refractivity contribution in [2.75, 3.05) is 13.7 Å². The molecule has 0 atom stereocenters. The summed E-state index contributed by atoms with van der Waals surface area (Å²) in [5, 5.41) is 0. The second-order valence-corrected chi connectivity index (χ2v) is 3.87. The summed E-state index contributed by atoms with van der Waals surface area (Å²) < 4.78 is 5.34. The maximum Gasteiger partial charge on any atom is 0.257 e. The summed E-state index contributed by atoms with van der Waals surface area (Å²) in [6.45, 7) is 8.03. The standard InChI is InChI=1S/C15H19NO2/c1-5-7-12(3)16(4)15(17)13-8-10-14(11-9-13)18-6-2/h5,7-11H,1,6H2,2-4H3/b12-7+. The SMILES string of the molecule is C=C/C=C(\C)N(C)C(=O)c1ccc(OCC)cc1. The Labute approximate surface area is 108 Å². The molecular formula is C15H19NO2. The number of benzene rings is 1. The largest absolute Gasteiger partial charge is 0.494 e. The predicted octanol–water partition coefficient (Wildman–Crippen LogP) is 3.25. The van der Waals surface area contributed by atoms with Crippen LogP contribution in [0.2, 0.25) is 0 Å². The summed E-state index contributed by atoms with van der Waals surface area (Å²) in [6, 6.07) is 7.14. The third kappa shape index (κ3) is 3.48. The second-order valence-electron chi connectivity index (χ2n) is 3.87. The molecule has 0 N–H and O–H groups in total. The molecule has 0 saturated heterocycles. The highest BCUT2D eigenvalue weighted by atomic mass is 16.5. The molecule has 1 amide bonds. The molecule has 0 saturated carbocycles. The van der Waals surface area contributed by atoms with Crippen LogP contribution in [-0.2, 0) is 0 Å². The number of nitrogens with zero attached hydrogens (tertiary/aromatic N) is 1. The van der Waals surface area contributed by atoms with Crippen molar-refractivity contribution in [3.63, 3.8) is 0 Å². The lowest BCUT2D eigenvalue weighted by atomic mass is 10.2. The van der Waals surface area contributed by atoms with Gasteiger partial charge >= 0.3 is 0 Å². The Morgan fingerprint density at radius 1 is 1.39 bits per heavy atom. The normalized spacial score (nSPS) is 10.9. The minimum atomic E-state index is -0.0475. The zero-order chi connectivity index (χ0) is 13.5. The van der Waals surface area contributed by atoms with Crippen LogP contribution in [0.15, 0.2) is 48.7 Å². The first-order chi connectivity index (χ1) is 8.60. The lowest BCUT2D eigenvalue weighted by molar-refractivity contribution is 0.0836. The number of carbonyl (C=O) groups excluding carboxylic acids is 1. The molecular weight excluding hydrogens is 226 g/mol. The van der Waals surface area contributed by atoms with Gasteiger partial charge in [-0.2, -0.15) is 0 Å². The average Bonchev–Trinajstić information content (AvgIpc) is 2.38. The smallest absolute Gasteiger partial charge is 0.257 e. The Kier molecular flexibility index (Phi) is 5.18. The van der Waals surface area contributed by atoms with E-state index < -0.39 is 0 Å². The summed E-state index contributed by atoms with van der Waals surface area (Å²) >= 11 is 0. The van der Waals surface area contributed by atoms with Crippen LogP contribution in [-0.4, -0.2) is 24.5 Å². The van der Waals surface area contributed by atoms with Gasteiger partial charge < -0.3 is 9.64 Å². The minimum absolute atomic E-state index is 0.0475. The van der Waals surface area contributed by atoms with Crippen molar-refractivity contribution >= 4 is 5.91 Å². The predicted molar refractivity (Wildman–Crippen MR) is 73.7 cm³/mol. The van der Waals surface area contributed by atoms with Gasteiger partial charge in [-0.3, -0.25) is 4.79 Å². The molecule has 0 aromatic heterocycles. The Bertz CT molecular complexity index is 446. The van der Waals surface area contributed by atoms with Crippen molar-refractivity contribution in [1.82, 2.24) is 4.90 Å². The lowest BCUT2D eigenvalue weighted by Crippen LogP contribution is -2.24. The van der Waals surface area contributed by atoms with E-state index in [1.807, 2.05) is 13.8 Å². The van der Waals surface area contributed by atoms with Gasteiger partial charge in [0.25, 0.3) is 5.91 Å². The lowest BCUT2D eigenvalue weighted by Gasteiger charge is -2.17. The van der Waals surface area contributed by atoms with Crippen LogP contribution in [0.3, 0.4) is 0 Å². The van der Waals surface area contributed by atoms with Gasteiger partial charge in [-0.25, -0.2) is 0 Å². The molecule has 0 heterocycles. The van der Waals surface area contributed by atoms with Crippen molar-refractivity contribution in [2.24, 2.45) is 0 Å². The molecule has 0 unspecified atom stereocenters. The van der Waals surface area contributed by atoms with Crippen LogP contribution in [0.25, 0.3) is 0 Å². The zero-order valence-corrected chi connectivity index (χ0v) is 11.1. The molecule has 96 valence electrons. The third-order valence-electron chi connectivity index (χ3n) is 2.61. The van der Waals surface area contributed by atoms with Gasteiger partial charge in [-0.1, -0.05) is 12.7 Å². The highest BCUT2D eigenvalue weighted by Gasteiger charge is 2.12. The van der Waals surface area contributed by atoms with Crippen LogP contribution >= 0.6 is 0 Å². The van der Waals surface area contributed by atoms with E-state index >= 15 is 0 Å². The Morgan fingerprint density at radius 2 is 2.00 bits per heavy atom. The molecule has 0 fully saturated rings. The summed E-state index contributed by atoms with van der Waals surface area (Å²) in [7, 11) is 1.74. The van der Waals surface area contributed by atoms with Gasteiger partial charge in [0.15, 0.2) is 0 Å². The van der Waals surface area contributed by atoms with Crippen molar-refractivity contribution in [1.29, 1.82) is 0 Å². The Balaban J connectivity index is 2.84. The van der Waals surface area contributed by atoms with E-state index in [4.69, 9.17) is 4.74 Å².